The number of oxime groups is 1. The van der Waals surface area contributed by atoms with Gasteiger partial charge in [0.2, 0.25) is 0 Å². The maximum Gasteiger partial charge on any atom is 0.149 e. The molecule has 0 bridgehead atoms. The van der Waals surface area contributed by atoms with Gasteiger partial charge >= 0.3 is 0 Å². The van der Waals surface area contributed by atoms with Gasteiger partial charge in [-0.2, -0.15) is 0 Å². The first-order chi connectivity index (χ1) is 4.33. The Bertz CT molecular complexity index is 218. The number of rotatable bonds is 1. The molecule has 0 aliphatic rings. The van der Waals surface area contributed by atoms with Crippen molar-refractivity contribution < 1.29 is 9.62 Å². The largest absolute Gasteiger partial charge is 0.462 e. The lowest BCUT2D eigenvalue weighted by Crippen LogP contribution is -1.70. The minimum Gasteiger partial charge on any atom is -0.462 e. The molecular formula is C5H4BrNO2. The lowest BCUT2D eigenvalue weighted by Gasteiger charge is -1.74. The van der Waals surface area contributed by atoms with Crippen LogP contribution in [0.3, 0.4) is 0 Å². The summed E-state index contributed by atoms with van der Waals surface area (Å²) < 4.78 is 5.68. The predicted molar refractivity (Wildman–Crippen MR) is 35.8 cm³/mol. The van der Waals surface area contributed by atoms with Gasteiger partial charge in [-0.15, -0.1) is 0 Å². The standard InChI is InChI=1S/C5H4BrNO2/c6-4-1-5(2-7-8)9-3-4/h1-3,8H/b7-2+. The maximum atomic E-state index is 8.02. The summed E-state index contributed by atoms with van der Waals surface area (Å²) in [4.78, 5) is 0. The lowest BCUT2D eigenvalue weighted by molar-refractivity contribution is 0.320. The second-order valence-electron chi connectivity index (χ2n) is 1.41. The molecule has 0 amide bonds. The van der Waals surface area contributed by atoms with Gasteiger partial charge < -0.3 is 9.62 Å². The highest BCUT2D eigenvalue weighted by molar-refractivity contribution is 9.10. The average molecular weight is 190 g/mol. The van der Waals surface area contributed by atoms with Crippen LogP contribution in [0.4, 0.5) is 0 Å². The Hall–Kier alpha value is -0.770. The van der Waals surface area contributed by atoms with E-state index in [0.717, 1.165) is 4.47 Å². The van der Waals surface area contributed by atoms with Crippen molar-refractivity contribution in [2.45, 2.75) is 0 Å². The Labute approximate surface area is 60.1 Å². The molecule has 0 aromatic carbocycles. The molecule has 0 aliphatic carbocycles. The van der Waals surface area contributed by atoms with Gasteiger partial charge in [0.25, 0.3) is 0 Å². The van der Waals surface area contributed by atoms with E-state index in [1.54, 1.807) is 6.07 Å². The zero-order chi connectivity index (χ0) is 6.69. The average Bonchev–Trinajstić information content (AvgIpc) is 2.17. The smallest absolute Gasteiger partial charge is 0.149 e. The Kier molecular flexibility index (Phi) is 1.89. The van der Waals surface area contributed by atoms with E-state index >= 15 is 0 Å². The van der Waals surface area contributed by atoms with Crippen LogP contribution < -0.4 is 0 Å². The molecule has 1 aromatic rings. The molecule has 0 radical (unpaired) electrons. The summed E-state index contributed by atoms with van der Waals surface area (Å²) in [7, 11) is 0. The fourth-order valence-electron chi connectivity index (χ4n) is 0.453. The topological polar surface area (TPSA) is 45.7 Å². The SMILES string of the molecule is O/N=C/c1cc(Br)co1. The number of hydrogen-bond acceptors (Lipinski definition) is 3. The minimum atomic E-state index is 0.518. The van der Waals surface area contributed by atoms with Gasteiger partial charge in [0.15, 0.2) is 0 Å². The summed E-state index contributed by atoms with van der Waals surface area (Å²) in [5.74, 6) is 0.518. The molecule has 3 nitrogen and oxygen atoms in total. The normalized spacial score (nSPS) is 10.8. The molecular weight excluding hydrogens is 186 g/mol. The van der Waals surface area contributed by atoms with Crippen LogP contribution in [0, 0.1) is 0 Å². The molecule has 9 heavy (non-hydrogen) atoms. The summed E-state index contributed by atoms with van der Waals surface area (Å²) in [6.45, 7) is 0. The van der Waals surface area contributed by atoms with E-state index < -0.39 is 0 Å². The third-order valence-corrected chi connectivity index (χ3v) is 1.19. The van der Waals surface area contributed by atoms with Crippen LogP contribution in [0.1, 0.15) is 5.76 Å². The van der Waals surface area contributed by atoms with Crippen LogP contribution >= 0.6 is 15.9 Å². The van der Waals surface area contributed by atoms with Crippen molar-refractivity contribution in [1.82, 2.24) is 0 Å². The molecule has 1 aromatic heterocycles. The van der Waals surface area contributed by atoms with E-state index in [4.69, 9.17) is 9.62 Å². The predicted octanol–water partition coefficient (Wildman–Crippen LogP) is 1.85. The van der Waals surface area contributed by atoms with Crippen molar-refractivity contribution in [2.24, 2.45) is 5.16 Å². The molecule has 0 spiro atoms. The zero-order valence-corrected chi connectivity index (χ0v) is 6.00. The number of hydrogen-bond donors (Lipinski definition) is 1. The van der Waals surface area contributed by atoms with Crippen LogP contribution in [-0.4, -0.2) is 11.4 Å². The van der Waals surface area contributed by atoms with Gasteiger partial charge in [-0.05, 0) is 22.0 Å². The first kappa shape index (κ1) is 6.35. The van der Waals surface area contributed by atoms with Crippen molar-refractivity contribution >= 4 is 22.1 Å². The van der Waals surface area contributed by atoms with Crippen molar-refractivity contribution in [2.75, 3.05) is 0 Å². The number of nitrogens with zero attached hydrogens (tertiary/aromatic N) is 1. The first-order valence-corrected chi connectivity index (χ1v) is 3.03. The van der Waals surface area contributed by atoms with Gasteiger partial charge in [0, 0.05) is 0 Å². The van der Waals surface area contributed by atoms with Gasteiger partial charge in [-0.3, -0.25) is 0 Å². The molecule has 48 valence electrons. The number of furan rings is 1. The van der Waals surface area contributed by atoms with Crippen molar-refractivity contribution in [1.29, 1.82) is 0 Å². The van der Waals surface area contributed by atoms with E-state index in [-0.39, 0.29) is 0 Å². The second kappa shape index (κ2) is 2.68. The van der Waals surface area contributed by atoms with Gasteiger partial charge in [-0.1, -0.05) is 5.16 Å². The van der Waals surface area contributed by atoms with Gasteiger partial charge in [-0.25, -0.2) is 0 Å². The fourth-order valence-corrected chi connectivity index (χ4v) is 0.772. The molecule has 1 heterocycles. The van der Waals surface area contributed by atoms with Crippen LogP contribution in [-0.2, 0) is 0 Å². The van der Waals surface area contributed by atoms with Crippen LogP contribution in [0.5, 0.6) is 0 Å². The summed E-state index contributed by atoms with van der Waals surface area (Å²) in [5.41, 5.74) is 0. The zero-order valence-electron chi connectivity index (χ0n) is 4.41. The Morgan fingerprint density at radius 2 is 2.56 bits per heavy atom. The molecule has 1 rings (SSSR count). The highest BCUT2D eigenvalue weighted by atomic mass is 79.9. The summed E-state index contributed by atoms with van der Waals surface area (Å²) >= 11 is 3.17. The highest BCUT2D eigenvalue weighted by Gasteiger charge is 1.93. The van der Waals surface area contributed by atoms with Gasteiger partial charge in [0.1, 0.15) is 18.2 Å². The number of halogens is 1. The van der Waals surface area contributed by atoms with E-state index in [1.807, 2.05) is 0 Å². The fraction of sp³-hybridized carbons (Fsp3) is 0. The minimum absolute atomic E-state index is 0.518. The molecule has 1 N–H and O–H groups in total. The van der Waals surface area contributed by atoms with Crippen molar-refractivity contribution in [3.63, 3.8) is 0 Å². The van der Waals surface area contributed by atoms with E-state index in [1.165, 1.54) is 12.5 Å². The molecule has 0 fully saturated rings. The maximum absolute atomic E-state index is 8.02. The van der Waals surface area contributed by atoms with Gasteiger partial charge in [0.05, 0.1) is 4.47 Å². The lowest BCUT2D eigenvalue weighted by atomic mass is 10.5. The Morgan fingerprint density at radius 1 is 1.78 bits per heavy atom. The molecule has 0 saturated carbocycles. The van der Waals surface area contributed by atoms with E-state index in [0.29, 0.717) is 5.76 Å². The summed E-state index contributed by atoms with van der Waals surface area (Å²) in [6, 6.07) is 1.69. The molecule has 0 saturated heterocycles. The third-order valence-electron chi connectivity index (χ3n) is 0.773. The van der Waals surface area contributed by atoms with Crippen molar-refractivity contribution in [3.05, 3.63) is 22.6 Å². The molecule has 0 unspecified atom stereocenters. The van der Waals surface area contributed by atoms with Crippen LogP contribution in [0.15, 0.2) is 26.4 Å². The Balaban J connectivity index is 2.85. The van der Waals surface area contributed by atoms with Crippen molar-refractivity contribution in [3.8, 4) is 0 Å². The quantitative estimate of drug-likeness (QED) is 0.417. The monoisotopic (exact) mass is 189 g/mol. The third kappa shape index (κ3) is 1.57. The Morgan fingerprint density at radius 3 is 3.00 bits per heavy atom. The molecule has 0 aliphatic heterocycles. The van der Waals surface area contributed by atoms with E-state index in [9.17, 15) is 0 Å². The second-order valence-corrected chi connectivity index (χ2v) is 2.33. The molecule has 4 heteroatoms. The molecule has 0 atom stereocenters. The summed E-state index contributed by atoms with van der Waals surface area (Å²) in [6.07, 6.45) is 2.72. The van der Waals surface area contributed by atoms with Crippen LogP contribution in [0.2, 0.25) is 0 Å². The van der Waals surface area contributed by atoms with Crippen LogP contribution in [0.25, 0.3) is 0 Å². The first-order valence-electron chi connectivity index (χ1n) is 2.24. The van der Waals surface area contributed by atoms with E-state index in [2.05, 4.69) is 21.1 Å². The highest BCUT2D eigenvalue weighted by Crippen LogP contribution is 2.11. The summed E-state index contributed by atoms with van der Waals surface area (Å²) in [5, 5.41) is 10.8.